The third kappa shape index (κ3) is 9.56. The van der Waals surface area contributed by atoms with Crippen LogP contribution in [0.2, 0.25) is 5.02 Å². The fraction of sp³-hybridized carbons (Fsp3) is 0.586. The lowest BCUT2D eigenvalue weighted by Gasteiger charge is -2.27. The van der Waals surface area contributed by atoms with Gasteiger partial charge in [0.15, 0.2) is 0 Å². The van der Waals surface area contributed by atoms with E-state index in [9.17, 15) is 9.90 Å². The Morgan fingerprint density at radius 1 is 1.22 bits per heavy atom. The van der Waals surface area contributed by atoms with Crippen molar-refractivity contribution in [1.82, 2.24) is 15.6 Å². The van der Waals surface area contributed by atoms with Crippen molar-refractivity contribution in [3.05, 3.63) is 58.4 Å². The second-order valence-corrected chi connectivity index (χ2v) is 11.5. The van der Waals surface area contributed by atoms with Crippen molar-refractivity contribution in [2.45, 2.75) is 77.5 Å². The fourth-order valence-corrected chi connectivity index (χ4v) is 4.57. The third-order valence-electron chi connectivity index (χ3n) is 6.79. The number of pyridine rings is 1. The molecule has 0 radical (unpaired) electrons. The number of hydrogen-bond acceptors (Lipinski definition) is 6. The fourth-order valence-electron chi connectivity index (χ4n) is 4.39. The molecule has 204 valence electrons. The van der Waals surface area contributed by atoms with Crippen LogP contribution in [0.3, 0.4) is 0 Å². The standard InChI is InChI=1S/C29H43ClN4O3/c1-20-10-14-37-13-6-5-11-33-25-16-21(7-8-24(25)30)28(36)34-26(15-20)27(35)19-31-18-23-17-22(9-12-32-23)29(2,3)4/h7-9,12,16-17,20,26-27,31,33,35H,5-6,10-11,13-15,18-19H2,1-4H3,(H,34,36)/t20-,26+,27-/m1/s1. The molecular formula is C29H43ClN4O3. The normalized spacial score (nSPS) is 21.1. The number of nitrogens with one attached hydrogen (secondary N) is 3. The molecule has 1 aromatic carbocycles. The van der Waals surface area contributed by atoms with E-state index in [0.717, 1.165) is 43.8 Å². The molecule has 1 aromatic heterocycles. The number of fused-ring (bicyclic) bond motifs is 2. The van der Waals surface area contributed by atoms with Crippen LogP contribution in [0, 0.1) is 5.92 Å². The highest BCUT2D eigenvalue weighted by atomic mass is 35.5. The number of aliphatic hydroxyl groups excluding tert-OH is 1. The van der Waals surface area contributed by atoms with E-state index in [4.69, 9.17) is 16.3 Å². The van der Waals surface area contributed by atoms with Crippen molar-refractivity contribution in [2.24, 2.45) is 5.92 Å². The maximum atomic E-state index is 13.2. The molecule has 1 aliphatic heterocycles. The maximum Gasteiger partial charge on any atom is 0.251 e. The molecule has 2 heterocycles. The lowest BCUT2D eigenvalue weighted by molar-refractivity contribution is 0.0763. The van der Waals surface area contributed by atoms with Crippen LogP contribution in [0.4, 0.5) is 5.69 Å². The zero-order valence-electron chi connectivity index (χ0n) is 22.6. The van der Waals surface area contributed by atoms with Gasteiger partial charge in [-0.2, -0.15) is 0 Å². The summed E-state index contributed by atoms with van der Waals surface area (Å²) in [5, 5.41) is 21.4. The number of ether oxygens (including phenoxy) is 1. The summed E-state index contributed by atoms with van der Waals surface area (Å²) in [5.74, 6) is 0.0549. The Kier molecular flexibility index (Phi) is 11.2. The molecule has 1 aliphatic rings. The second-order valence-electron chi connectivity index (χ2n) is 11.1. The summed E-state index contributed by atoms with van der Waals surface area (Å²) in [5.41, 5.74) is 3.44. The van der Waals surface area contributed by atoms with Gasteiger partial charge in [-0.3, -0.25) is 9.78 Å². The molecule has 7 nitrogen and oxygen atoms in total. The molecule has 2 bridgehead atoms. The van der Waals surface area contributed by atoms with Crippen LogP contribution < -0.4 is 16.0 Å². The third-order valence-corrected chi connectivity index (χ3v) is 7.12. The number of amides is 1. The number of rotatable bonds is 5. The van der Waals surface area contributed by atoms with E-state index in [2.05, 4.69) is 54.7 Å². The topological polar surface area (TPSA) is 95.5 Å². The monoisotopic (exact) mass is 530 g/mol. The highest BCUT2D eigenvalue weighted by Crippen LogP contribution is 2.24. The number of halogens is 1. The van der Waals surface area contributed by atoms with Crippen LogP contribution >= 0.6 is 11.6 Å². The second kappa shape index (κ2) is 14.1. The van der Waals surface area contributed by atoms with E-state index in [-0.39, 0.29) is 17.2 Å². The number of hydrogen-bond donors (Lipinski definition) is 4. The lowest BCUT2D eigenvalue weighted by Crippen LogP contribution is -2.48. The van der Waals surface area contributed by atoms with Crippen LogP contribution in [-0.4, -0.2) is 54.4 Å². The molecule has 0 spiro atoms. The van der Waals surface area contributed by atoms with E-state index in [1.54, 1.807) is 18.2 Å². The Balaban J connectivity index is 1.68. The number of nitrogens with zero attached hydrogens (tertiary/aromatic N) is 1. The van der Waals surface area contributed by atoms with Gasteiger partial charge < -0.3 is 25.8 Å². The molecule has 2 aromatic rings. The zero-order valence-corrected chi connectivity index (χ0v) is 23.4. The molecule has 0 unspecified atom stereocenters. The van der Waals surface area contributed by atoms with Gasteiger partial charge in [0.25, 0.3) is 5.91 Å². The van der Waals surface area contributed by atoms with E-state index in [1.807, 2.05) is 12.3 Å². The van der Waals surface area contributed by atoms with Crippen LogP contribution in [0.25, 0.3) is 0 Å². The molecule has 37 heavy (non-hydrogen) atoms. The van der Waals surface area contributed by atoms with Crippen molar-refractivity contribution in [3.8, 4) is 0 Å². The van der Waals surface area contributed by atoms with Gasteiger partial charge in [0.2, 0.25) is 0 Å². The highest BCUT2D eigenvalue weighted by molar-refractivity contribution is 6.33. The summed E-state index contributed by atoms with van der Waals surface area (Å²) in [4.78, 5) is 17.6. The first-order valence-electron chi connectivity index (χ1n) is 13.4. The average molecular weight is 531 g/mol. The van der Waals surface area contributed by atoms with Gasteiger partial charge in [-0.15, -0.1) is 0 Å². The largest absolute Gasteiger partial charge is 0.390 e. The first-order valence-corrected chi connectivity index (χ1v) is 13.8. The minimum atomic E-state index is -0.762. The van der Waals surface area contributed by atoms with E-state index in [0.29, 0.717) is 36.7 Å². The SMILES string of the molecule is C[C@@H]1CCOCCCCNc2cc(ccc2Cl)C(=O)N[C@H]([C@H](O)CNCc2cc(C(C)(C)C)ccn2)C1. The first kappa shape index (κ1) is 29.4. The smallest absolute Gasteiger partial charge is 0.251 e. The van der Waals surface area contributed by atoms with E-state index >= 15 is 0 Å². The predicted molar refractivity (Wildman–Crippen MR) is 150 cm³/mol. The minimum Gasteiger partial charge on any atom is -0.390 e. The zero-order chi connectivity index (χ0) is 26.8. The van der Waals surface area contributed by atoms with Crippen molar-refractivity contribution < 1.29 is 14.6 Å². The number of benzene rings is 1. The van der Waals surface area contributed by atoms with Gasteiger partial charge in [-0.1, -0.05) is 39.3 Å². The molecule has 0 saturated carbocycles. The first-order chi connectivity index (χ1) is 17.6. The number of carbonyl (C=O) groups excluding carboxylic acids is 1. The molecule has 1 amide bonds. The van der Waals surface area contributed by atoms with Crippen LogP contribution in [0.15, 0.2) is 36.5 Å². The minimum absolute atomic E-state index is 0.0438. The summed E-state index contributed by atoms with van der Waals surface area (Å²) in [6, 6.07) is 8.96. The van der Waals surface area contributed by atoms with Gasteiger partial charge >= 0.3 is 0 Å². The van der Waals surface area contributed by atoms with Crippen molar-refractivity contribution >= 4 is 23.2 Å². The van der Waals surface area contributed by atoms with Gasteiger partial charge in [0.05, 0.1) is 28.5 Å². The van der Waals surface area contributed by atoms with Crippen LogP contribution in [0.1, 0.15) is 75.0 Å². The summed E-state index contributed by atoms with van der Waals surface area (Å²) in [6.07, 6.45) is 4.50. The van der Waals surface area contributed by atoms with Gasteiger partial charge in [-0.05, 0) is 72.9 Å². The highest BCUT2D eigenvalue weighted by Gasteiger charge is 2.25. The summed E-state index contributed by atoms with van der Waals surface area (Å²) >= 11 is 6.35. The molecule has 0 saturated heterocycles. The number of carbonyl (C=O) groups is 1. The molecular weight excluding hydrogens is 488 g/mol. The Morgan fingerprint density at radius 3 is 2.81 bits per heavy atom. The Bertz CT molecular complexity index is 1010. The number of aliphatic hydroxyl groups is 1. The van der Waals surface area contributed by atoms with Crippen molar-refractivity contribution in [3.63, 3.8) is 0 Å². The average Bonchev–Trinajstić information content (AvgIpc) is 2.85. The van der Waals surface area contributed by atoms with E-state index < -0.39 is 12.1 Å². The molecule has 3 rings (SSSR count). The van der Waals surface area contributed by atoms with Gasteiger partial charge in [0.1, 0.15) is 0 Å². The predicted octanol–water partition coefficient (Wildman–Crippen LogP) is 4.92. The summed E-state index contributed by atoms with van der Waals surface area (Å²) in [6.45, 7) is 11.7. The number of aromatic nitrogens is 1. The molecule has 0 aliphatic carbocycles. The quantitative estimate of drug-likeness (QED) is 0.438. The molecule has 3 atom stereocenters. The number of anilines is 1. The Labute approximate surface area is 226 Å². The Hall–Kier alpha value is -2.19. The van der Waals surface area contributed by atoms with Crippen LogP contribution in [-0.2, 0) is 16.7 Å². The summed E-state index contributed by atoms with van der Waals surface area (Å²) < 4.78 is 5.81. The van der Waals surface area contributed by atoms with Gasteiger partial charge in [-0.25, -0.2) is 0 Å². The van der Waals surface area contributed by atoms with E-state index in [1.165, 1.54) is 5.56 Å². The summed E-state index contributed by atoms with van der Waals surface area (Å²) in [7, 11) is 0. The van der Waals surface area contributed by atoms with Crippen LogP contribution in [0.5, 0.6) is 0 Å². The molecule has 8 heteroatoms. The van der Waals surface area contributed by atoms with Crippen molar-refractivity contribution in [2.75, 3.05) is 31.6 Å². The van der Waals surface area contributed by atoms with Crippen molar-refractivity contribution in [1.29, 1.82) is 0 Å². The maximum absolute atomic E-state index is 13.2. The Morgan fingerprint density at radius 2 is 2.03 bits per heavy atom. The molecule has 4 N–H and O–H groups in total. The van der Waals surface area contributed by atoms with Gasteiger partial charge in [0, 0.05) is 44.6 Å². The lowest BCUT2D eigenvalue weighted by atomic mass is 9.87. The molecule has 0 fully saturated rings.